The van der Waals surface area contributed by atoms with E-state index in [0.717, 1.165) is 12.3 Å². The molecule has 20 heavy (non-hydrogen) atoms. The average molecular weight is 330 g/mol. The quantitative estimate of drug-likeness (QED) is 0.923. The summed E-state index contributed by atoms with van der Waals surface area (Å²) in [5, 5.41) is 1.71. The lowest BCUT2D eigenvalue weighted by molar-refractivity contribution is -0.137. The summed E-state index contributed by atoms with van der Waals surface area (Å²) in [4.78, 5) is 11.4. The number of halogens is 4. The van der Waals surface area contributed by atoms with Crippen molar-refractivity contribution in [2.24, 2.45) is 0 Å². The number of sulfone groups is 1. The Morgan fingerprint density at radius 2 is 1.95 bits per heavy atom. The number of alkyl halides is 3. The van der Waals surface area contributed by atoms with Crippen LogP contribution in [0.15, 0.2) is 18.2 Å². The zero-order valence-electron chi connectivity index (χ0n) is 10.3. The Kier molecular flexibility index (Phi) is 5.04. The fraction of sp³-hybridized carbons (Fsp3) is 0.364. The van der Waals surface area contributed by atoms with E-state index in [-0.39, 0.29) is 17.9 Å². The number of hydrogen-bond acceptors (Lipinski definition) is 3. The van der Waals surface area contributed by atoms with Crippen LogP contribution in [0.1, 0.15) is 12.0 Å². The minimum Gasteiger partial charge on any atom is -0.326 e. The normalized spacial score (nSPS) is 12.2. The topological polar surface area (TPSA) is 63.2 Å². The Bertz CT molecular complexity index is 614. The van der Waals surface area contributed by atoms with Gasteiger partial charge in [0.25, 0.3) is 0 Å². The van der Waals surface area contributed by atoms with E-state index in [1.165, 1.54) is 6.07 Å². The van der Waals surface area contributed by atoms with Gasteiger partial charge in [0.1, 0.15) is 9.84 Å². The Labute approximate surface area is 118 Å². The van der Waals surface area contributed by atoms with E-state index in [9.17, 15) is 26.4 Å². The summed E-state index contributed by atoms with van der Waals surface area (Å²) in [6, 6.07) is 2.91. The van der Waals surface area contributed by atoms with E-state index in [4.69, 9.17) is 11.6 Å². The van der Waals surface area contributed by atoms with Crippen molar-refractivity contribution >= 4 is 33.0 Å². The van der Waals surface area contributed by atoms with Gasteiger partial charge in [-0.05, 0) is 18.2 Å². The maximum atomic E-state index is 12.6. The summed E-state index contributed by atoms with van der Waals surface area (Å²) in [6.07, 6.45) is -4.00. The van der Waals surface area contributed by atoms with Gasteiger partial charge in [-0.15, -0.1) is 0 Å². The summed E-state index contributed by atoms with van der Waals surface area (Å²) < 4.78 is 59.5. The van der Waals surface area contributed by atoms with Gasteiger partial charge in [0.05, 0.1) is 16.3 Å². The largest absolute Gasteiger partial charge is 0.417 e. The zero-order valence-corrected chi connectivity index (χ0v) is 11.9. The third-order valence-electron chi connectivity index (χ3n) is 2.26. The monoisotopic (exact) mass is 329 g/mol. The lowest BCUT2D eigenvalue weighted by atomic mass is 10.2. The molecule has 0 aliphatic rings. The molecule has 0 saturated carbocycles. The zero-order chi connectivity index (χ0) is 15.6. The van der Waals surface area contributed by atoms with Crippen molar-refractivity contribution in [3.05, 3.63) is 28.8 Å². The second-order valence-corrected chi connectivity index (χ2v) is 6.79. The minimum absolute atomic E-state index is 0.0970. The summed E-state index contributed by atoms with van der Waals surface area (Å²) >= 11 is 5.43. The standard InChI is InChI=1S/C11H11ClF3NO3S/c1-20(18,19)5-4-10(17)16-7-2-3-9(12)8(6-7)11(13,14)15/h2-3,6H,4-5H2,1H3,(H,16,17). The van der Waals surface area contributed by atoms with Crippen molar-refractivity contribution in [2.45, 2.75) is 12.6 Å². The number of amides is 1. The van der Waals surface area contributed by atoms with Gasteiger partial charge < -0.3 is 5.32 Å². The third kappa shape index (κ3) is 5.38. The molecule has 1 aromatic rings. The predicted octanol–water partition coefficient (Wildman–Crippen LogP) is 2.73. The van der Waals surface area contributed by atoms with Gasteiger partial charge in [-0.3, -0.25) is 4.79 Å². The second kappa shape index (κ2) is 6.01. The van der Waals surface area contributed by atoms with E-state index < -0.39 is 32.5 Å². The molecule has 1 rings (SSSR count). The predicted molar refractivity (Wildman–Crippen MR) is 69.4 cm³/mol. The molecule has 1 aromatic carbocycles. The first-order chi connectivity index (χ1) is 8.99. The highest BCUT2D eigenvalue weighted by molar-refractivity contribution is 7.90. The van der Waals surface area contributed by atoms with Crippen molar-refractivity contribution in [1.82, 2.24) is 0 Å². The number of rotatable bonds is 4. The lowest BCUT2D eigenvalue weighted by Gasteiger charge is -2.11. The van der Waals surface area contributed by atoms with Crippen molar-refractivity contribution in [1.29, 1.82) is 0 Å². The van der Waals surface area contributed by atoms with E-state index in [1.54, 1.807) is 0 Å². The van der Waals surface area contributed by atoms with Crippen LogP contribution in [0, 0.1) is 0 Å². The smallest absolute Gasteiger partial charge is 0.326 e. The Balaban J connectivity index is 2.81. The Hall–Kier alpha value is -1.28. The van der Waals surface area contributed by atoms with Gasteiger partial charge in [-0.1, -0.05) is 11.6 Å². The molecule has 112 valence electrons. The molecule has 1 amide bonds. The van der Waals surface area contributed by atoms with Crippen molar-refractivity contribution in [3.8, 4) is 0 Å². The molecule has 0 atom stereocenters. The molecule has 0 aliphatic heterocycles. The van der Waals surface area contributed by atoms with Crippen LogP contribution in [0.3, 0.4) is 0 Å². The van der Waals surface area contributed by atoms with E-state index in [0.29, 0.717) is 6.07 Å². The molecule has 0 saturated heterocycles. The van der Waals surface area contributed by atoms with Crippen LogP contribution in [0.2, 0.25) is 5.02 Å². The fourth-order valence-electron chi connectivity index (χ4n) is 1.32. The number of benzene rings is 1. The Morgan fingerprint density at radius 3 is 2.45 bits per heavy atom. The van der Waals surface area contributed by atoms with Gasteiger partial charge in [0.2, 0.25) is 5.91 Å². The van der Waals surface area contributed by atoms with Crippen molar-refractivity contribution in [3.63, 3.8) is 0 Å². The summed E-state index contributed by atoms with van der Waals surface area (Å²) in [5.74, 6) is -1.07. The molecule has 0 radical (unpaired) electrons. The molecule has 0 aliphatic carbocycles. The molecule has 4 nitrogen and oxygen atoms in total. The van der Waals surface area contributed by atoms with Crippen LogP contribution in [0.4, 0.5) is 18.9 Å². The van der Waals surface area contributed by atoms with Crippen LogP contribution in [-0.2, 0) is 20.8 Å². The first-order valence-electron chi connectivity index (χ1n) is 5.33. The maximum Gasteiger partial charge on any atom is 0.417 e. The molecule has 9 heteroatoms. The van der Waals surface area contributed by atoms with E-state index in [1.807, 2.05) is 0 Å². The van der Waals surface area contributed by atoms with Crippen LogP contribution in [0.5, 0.6) is 0 Å². The van der Waals surface area contributed by atoms with Crippen LogP contribution >= 0.6 is 11.6 Å². The van der Waals surface area contributed by atoms with Crippen molar-refractivity contribution in [2.75, 3.05) is 17.3 Å². The number of carbonyl (C=O) groups excluding carboxylic acids is 1. The second-order valence-electron chi connectivity index (χ2n) is 4.12. The van der Waals surface area contributed by atoms with Gasteiger partial charge in [0, 0.05) is 18.4 Å². The molecule has 0 heterocycles. The summed E-state index contributed by atoms with van der Waals surface area (Å²) in [7, 11) is -3.31. The number of nitrogens with one attached hydrogen (secondary N) is 1. The maximum absolute atomic E-state index is 12.6. The highest BCUT2D eigenvalue weighted by Gasteiger charge is 2.33. The number of anilines is 1. The SMILES string of the molecule is CS(=O)(=O)CCC(=O)Nc1ccc(Cl)c(C(F)(F)F)c1. The minimum atomic E-state index is -4.63. The molecular formula is C11H11ClF3NO3S. The summed E-state index contributed by atoms with van der Waals surface area (Å²) in [6.45, 7) is 0. The first-order valence-corrected chi connectivity index (χ1v) is 7.77. The van der Waals surface area contributed by atoms with Crippen LogP contribution < -0.4 is 5.32 Å². The highest BCUT2D eigenvalue weighted by atomic mass is 35.5. The molecule has 0 bridgehead atoms. The molecular weight excluding hydrogens is 319 g/mol. The lowest BCUT2D eigenvalue weighted by Crippen LogP contribution is -2.17. The molecule has 0 unspecified atom stereocenters. The van der Waals surface area contributed by atoms with E-state index >= 15 is 0 Å². The van der Waals surface area contributed by atoms with Crippen LogP contribution in [0.25, 0.3) is 0 Å². The van der Waals surface area contributed by atoms with E-state index in [2.05, 4.69) is 5.32 Å². The first kappa shape index (κ1) is 16.8. The third-order valence-corrected chi connectivity index (χ3v) is 3.53. The average Bonchev–Trinajstić information content (AvgIpc) is 2.27. The van der Waals surface area contributed by atoms with Gasteiger partial charge in [0.15, 0.2) is 0 Å². The molecule has 0 aromatic heterocycles. The Morgan fingerprint density at radius 1 is 1.35 bits per heavy atom. The van der Waals surface area contributed by atoms with Gasteiger partial charge in [-0.25, -0.2) is 8.42 Å². The number of carbonyl (C=O) groups is 1. The van der Waals surface area contributed by atoms with Gasteiger partial charge in [-0.2, -0.15) is 13.2 Å². The molecule has 0 fully saturated rings. The van der Waals surface area contributed by atoms with Crippen LogP contribution in [-0.4, -0.2) is 26.3 Å². The van der Waals surface area contributed by atoms with Gasteiger partial charge >= 0.3 is 6.18 Å². The van der Waals surface area contributed by atoms with Crippen molar-refractivity contribution < 1.29 is 26.4 Å². The number of hydrogen-bond donors (Lipinski definition) is 1. The summed E-state index contributed by atoms with van der Waals surface area (Å²) in [5.41, 5.74) is -1.17. The highest BCUT2D eigenvalue weighted by Crippen LogP contribution is 2.36. The molecule has 1 N–H and O–H groups in total. The fourth-order valence-corrected chi connectivity index (χ4v) is 2.10. The molecule has 0 spiro atoms.